The first-order valence-electron chi connectivity index (χ1n) is 7.50. The molecule has 1 aromatic heterocycles. The normalized spacial score (nSPS) is 11.6. The predicted octanol–water partition coefficient (Wildman–Crippen LogP) is 2.83. The van der Waals surface area contributed by atoms with Gasteiger partial charge in [0.25, 0.3) is 0 Å². The third-order valence-corrected chi connectivity index (χ3v) is 6.46. The number of nitrogens with one attached hydrogen (secondary N) is 1. The lowest BCUT2D eigenvalue weighted by Gasteiger charge is -2.09. The SMILES string of the molecule is CC(C)S(=O)(=O)c1ccc(CC(=O)NCCc2ccsc2)cc1. The molecule has 124 valence electrons. The molecule has 4 nitrogen and oxygen atoms in total. The van der Waals surface area contributed by atoms with Crippen LogP contribution in [-0.4, -0.2) is 26.1 Å². The molecule has 6 heteroatoms. The molecule has 1 N–H and O–H groups in total. The fraction of sp³-hybridized carbons (Fsp3) is 0.353. The van der Waals surface area contributed by atoms with Crippen molar-refractivity contribution in [1.29, 1.82) is 0 Å². The van der Waals surface area contributed by atoms with Crippen LogP contribution in [0.2, 0.25) is 0 Å². The summed E-state index contributed by atoms with van der Waals surface area (Å²) in [5, 5.41) is 6.52. The molecule has 0 saturated carbocycles. The highest BCUT2D eigenvalue weighted by atomic mass is 32.2. The molecule has 23 heavy (non-hydrogen) atoms. The van der Waals surface area contributed by atoms with Gasteiger partial charge >= 0.3 is 0 Å². The van der Waals surface area contributed by atoms with Crippen LogP contribution in [0.3, 0.4) is 0 Å². The Kier molecular flexibility index (Phi) is 5.96. The van der Waals surface area contributed by atoms with Crippen LogP contribution in [0.5, 0.6) is 0 Å². The van der Waals surface area contributed by atoms with Crippen LogP contribution < -0.4 is 5.32 Å². The standard InChI is InChI=1S/C17H21NO3S2/c1-13(2)23(20,21)16-5-3-14(4-6-16)11-17(19)18-9-7-15-8-10-22-12-15/h3-6,8,10,12-13H,7,9,11H2,1-2H3,(H,18,19). The zero-order valence-corrected chi connectivity index (χ0v) is 14.9. The van der Waals surface area contributed by atoms with Crippen LogP contribution in [0, 0.1) is 0 Å². The Labute approximate surface area is 141 Å². The summed E-state index contributed by atoms with van der Waals surface area (Å²) in [4.78, 5) is 12.2. The lowest BCUT2D eigenvalue weighted by atomic mass is 10.1. The summed E-state index contributed by atoms with van der Waals surface area (Å²) in [6.45, 7) is 3.92. The molecule has 0 atom stereocenters. The topological polar surface area (TPSA) is 63.2 Å². The fourth-order valence-corrected chi connectivity index (χ4v) is 3.86. The smallest absolute Gasteiger partial charge is 0.224 e. The molecule has 2 rings (SSSR count). The van der Waals surface area contributed by atoms with Crippen molar-refractivity contribution in [1.82, 2.24) is 5.32 Å². The molecule has 0 fully saturated rings. The number of thiophene rings is 1. The summed E-state index contributed by atoms with van der Waals surface area (Å²) in [7, 11) is -3.26. The largest absolute Gasteiger partial charge is 0.355 e. The molecule has 0 unspecified atom stereocenters. The van der Waals surface area contributed by atoms with Gasteiger partial charge in [-0.1, -0.05) is 12.1 Å². The number of hydrogen-bond donors (Lipinski definition) is 1. The second-order valence-electron chi connectivity index (χ2n) is 5.65. The van der Waals surface area contributed by atoms with Crippen molar-refractivity contribution >= 4 is 27.1 Å². The Morgan fingerprint density at radius 1 is 1.13 bits per heavy atom. The average Bonchev–Trinajstić information content (AvgIpc) is 3.01. The maximum atomic E-state index is 12.0. The van der Waals surface area contributed by atoms with Gasteiger partial charge in [-0.2, -0.15) is 11.3 Å². The summed E-state index contributed by atoms with van der Waals surface area (Å²) in [6.07, 6.45) is 1.08. The highest BCUT2D eigenvalue weighted by Gasteiger charge is 2.18. The lowest BCUT2D eigenvalue weighted by Crippen LogP contribution is -2.27. The molecule has 0 aliphatic heterocycles. The number of hydrogen-bond acceptors (Lipinski definition) is 4. The Balaban J connectivity index is 1.87. The molecule has 0 aliphatic rings. The van der Waals surface area contributed by atoms with Crippen LogP contribution >= 0.6 is 11.3 Å². The van der Waals surface area contributed by atoms with E-state index >= 15 is 0 Å². The molecular formula is C17H21NO3S2. The van der Waals surface area contributed by atoms with Gasteiger partial charge in [0, 0.05) is 6.54 Å². The van der Waals surface area contributed by atoms with Gasteiger partial charge in [-0.25, -0.2) is 8.42 Å². The second kappa shape index (κ2) is 7.75. The Morgan fingerprint density at radius 3 is 2.39 bits per heavy atom. The molecule has 0 bridgehead atoms. The van der Waals surface area contributed by atoms with Gasteiger partial charge in [0.2, 0.25) is 5.91 Å². The molecule has 0 radical (unpaired) electrons. The van der Waals surface area contributed by atoms with E-state index in [1.165, 1.54) is 5.56 Å². The molecule has 1 aromatic carbocycles. The second-order valence-corrected chi connectivity index (χ2v) is 8.93. The summed E-state index contributed by atoms with van der Waals surface area (Å²) in [5.74, 6) is -0.0558. The Morgan fingerprint density at radius 2 is 1.83 bits per heavy atom. The first-order valence-corrected chi connectivity index (χ1v) is 9.99. The molecule has 0 saturated heterocycles. The van der Waals surface area contributed by atoms with E-state index in [2.05, 4.69) is 10.7 Å². The number of rotatable bonds is 7. The van der Waals surface area contributed by atoms with E-state index in [1.807, 2.05) is 11.4 Å². The molecular weight excluding hydrogens is 330 g/mol. The van der Waals surface area contributed by atoms with Gasteiger partial charge in [0.15, 0.2) is 9.84 Å². The van der Waals surface area contributed by atoms with Gasteiger partial charge < -0.3 is 5.32 Å². The summed E-state index contributed by atoms with van der Waals surface area (Å²) in [6, 6.07) is 8.60. The van der Waals surface area contributed by atoms with E-state index in [4.69, 9.17) is 0 Å². The van der Waals surface area contributed by atoms with E-state index in [-0.39, 0.29) is 12.3 Å². The van der Waals surface area contributed by atoms with Crippen LogP contribution in [0.25, 0.3) is 0 Å². The number of carbonyl (C=O) groups is 1. The predicted molar refractivity (Wildman–Crippen MR) is 93.5 cm³/mol. The van der Waals surface area contributed by atoms with Crippen LogP contribution in [-0.2, 0) is 27.5 Å². The van der Waals surface area contributed by atoms with Crippen LogP contribution in [0.15, 0.2) is 46.0 Å². The summed E-state index contributed by atoms with van der Waals surface area (Å²) >= 11 is 1.64. The Bertz CT molecular complexity index is 733. The molecule has 1 heterocycles. The highest BCUT2D eigenvalue weighted by molar-refractivity contribution is 7.92. The zero-order valence-electron chi connectivity index (χ0n) is 13.3. The van der Waals surface area contributed by atoms with E-state index in [0.717, 1.165) is 12.0 Å². The molecule has 0 spiro atoms. The van der Waals surface area contributed by atoms with E-state index in [9.17, 15) is 13.2 Å². The minimum atomic E-state index is -3.26. The fourth-order valence-electron chi connectivity index (χ4n) is 2.10. The minimum Gasteiger partial charge on any atom is -0.355 e. The van der Waals surface area contributed by atoms with Crippen molar-refractivity contribution in [3.63, 3.8) is 0 Å². The zero-order chi connectivity index (χ0) is 16.9. The van der Waals surface area contributed by atoms with Crippen molar-refractivity contribution in [2.45, 2.75) is 36.8 Å². The maximum absolute atomic E-state index is 12.0. The van der Waals surface area contributed by atoms with Gasteiger partial charge in [-0.05, 0) is 60.4 Å². The van der Waals surface area contributed by atoms with Crippen molar-refractivity contribution < 1.29 is 13.2 Å². The van der Waals surface area contributed by atoms with Gasteiger partial charge in [0.05, 0.1) is 16.6 Å². The number of amides is 1. The molecule has 2 aromatic rings. The number of carbonyl (C=O) groups excluding carboxylic acids is 1. The van der Waals surface area contributed by atoms with E-state index in [0.29, 0.717) is 11.4 Å². The summed E-state index contributed by atoms with van der Waals surface area (Å²) < 4.78 is 24.1. The third-order valence-electron chi connectivity index (χ3n) is 3.55. The molecule has 1 amide bonds. The quantitative estimate of drug-likeness (QED) is 0.834. The van der Waals surface area contributed by atoms with Crippen molar-refractivity contribution in [2.24, 2.45) is 0 Å². The third kappa shape index (κ3) is 4.91. The van der Waals surface area contributed by atoms with Crippen LogP contribution in [0.1, 0.15) is 25.0 Å². The monoisotopic (exact) mass is 351 g/mol. The minimum absolute atomic E-state index is 0.0558. The highest BCUT2D eigenvalue weighted by Crippen LogP contribution is 2.16. The first-order chi connectivity index (χ1) is 10.9. The van der Waals surface area contributed by atoms with Gasteiger partial charge in [-0.3, -0.25) is 4.79 Å². The number of benzene rings is 1. The van der Waals surface area contributed by atoms with Crippen molar-refractivity contribution in [3.8, 4) is 0 Å². The van der Waals surface area contributed by atoms with Gasteiger partial charge in [0.1, 0.15) is 0 Å². The molecule has 0 aliphatic carbocycles. The first kappa shape index (κ1) is 17.7. The summed E-state index contributed by atoms with van der Waals surface area (Å²) in [5.41, 5.74) is 2.03. The van der Waals surface area contributed by atoms with E-state index in [1.54, 1.807) is 49.4 Å². The number of sulfone groups is 1. The maximum Gasteiger partial charge on any atom is 0.224 e. The van der Waals surface area contributed by atoms with Crippen molar-refractivity contribution in [3.05, 3.63) is 52.2 Å². The average molecular weight is 351 g/mol. The lowest BCUT2D eigenvalue weighted by molar-refractivity contribution is -0.120. The van der Waals surface area contributed by atoms with Gasteiger partial charge in [-0.15, -0.1) is 0 Å². The van der Waals surface area contributed by atoms with Crippen LogP contribution in [0.4, 0.5) is 0 Å². The van der Waals surface area contributed by atoms with Crippen molar-refractivity contribution in [2.75, 3.05) is 6.54 Å². The van der Waals surface area contributed by atoms with E-state index < -0.39 is 15.1 Å². The Hall–Kier alpha value is -1.66.